The molecule has 3 aromatic heterocycles. The topological polar surface area (TPSA) is 78.5 Å². The number of rotatable bonds is 7. The number of pyridine rings is 1. The molecule has 0 aliphatic rings. The first-order valence-corrected chi connectivity index (χ1v) is 9.88. The van der Waals surface area contributed by atoms with Gasteiger partial charge < -0.3 is 4.74 Å². The second kappa shape index (κ2) is 8.36. The van der Waals surface area contributed by atoms with Crippen LogP contribution < -0.4 is 5.69 Å². The lowest BCUT2D eigenvalue weighted by Crippen LogP contribution is -2.22. The number of carbonyl (C=O) groups is 1. The van der Waals surface area contributed by atoms with E-state index in [2.05, 4.69) is 10.1 Å². The summed E-state index contributed by atoms with van der Waals surface area (Å²) >= 11 is 1.35. The molecule has 0 amide bonds. The van der Waals surface area contributed by atoms with Crippen molar-refractivity contribution >= 4 is 23.0 Å². The molecule has 0 radical (unpaired) electrons. The van der Waals surface area contributed by atoms with Gasteiger partial charge in [0, 0.05) is 30.1 Å². The van der Waals surface area contributed by atoms with Gasteiger partial charge in [-0.25, -0.2) is 18.9 Å². The van der Waals surface area contributed by atoms with Crippen molar-refractivity contribution in [2.75, 3.05) is 6.61 Å². The van der Waals surface area contributed by atoms with Gasteiger partial charge in [-0.3, -0.25) is 9.20 Å². The highest BCUT2D eigenvalue weighted by Crippen LogP contribution is 2.24. The highest BCUT2D eigenvalue weighted by molar-refractivity contribution is 7.13. The van der Waals surface area contributed by atoms with Crippen LogP contribution >= 0.6 is 11.3 Å². The summed E-state index contributed by atoms with van der Waals surface area (Å²) < 4.78 is 21.4. The zero-order valence-electron chi connectivity index (χ0n) is 15.3. The monoisotopic (exact) mass is 412 g/mol. The zero-order chi connectivity index (χ0) is 20.2. The number of esters is 1. The Morgan fingerprint density at radius 3 is 2.93 bits per heavy atom. The van der Waals surface area contributed by atoms with Crippen molar-refractivity contribution in [3.8, 4) is 10.6 Å². The second-order valence-electron chi connectivity index (χ2n) is 6.34. The van der Waals surface area contributed by atoms with Gasteiger partial charge in [-0.2, -0.15) is 0 Å². The number of hydrogen-bond donors (Lipinski definition) is 0. The maximum absolute atomic E-state index is 13.3. The first kappa shape index (κ1) is 19.0. The molecule has 1 aromatic carbocycles. The van der Waals surface area contributed by atoms with Crippen LogP contribution in [0, 0.1) is 5.82 Å². The largest absolute Gasteiger partial charge is 0.465 e. The molecular formula is C20H17FN4O3S. The van der Waals surface area contributed by atoms with E-state index in [1.165, 1.54) is 32.6 Å². The summed E-state index contributed by atoms with van der Waals surface area (Å²) in [5.41, 5.74) is 1.61. The van der Waals surface area contributed by atoms with Gasteiger partial charge in [0.15, 0.2) is 5.65 Å². The van der Waals surface area contributed by atoms with Gasteiger partial charge in [0.25, 0.3) is 0 Å². The molecule has 0 aliphatic heterocycles. The molecule has 0 atom stereocenters. The lowest BCUT2D eigenvalue weighted by atomic mass is 10.2. The number of thiazole rings is 1. The molecule has 0 saturated carbocycles. The van der Waals surface area contributed by atoms with E-state index >= 15 is 0 Å². The van der Waals surface area contributed by atoms with Gasteiger partial charge in [0.2, 0.25) is 0 Å². The molecule has 0 unspecified atom stereocenters. The van der Waals surface area contributed by atoms with E-state index < -0.39 is 5.97 Å². The van der Waals surface area contributed by atoms with Crippen LogP contribution in [0.5, 0.6) is 0 Å². The molecule has 0 aliphatic carbocycles. The lowest BCUT2D eigenvalue weighted by molar-refractivity contribution is -0.143. The smallest absolute Gasteiger partial charge is 0.350 e. The van der Waals surface area contributed by atoms with E-state index in [0.29, 0.717) is 34.9 Å². The van der Waals surface area contributed by atoms with Crippen molar-refractivity contribution in [1.82, 2.24) is 19.2 Å². The average Bonchev–Trinajstić information content (AvgIpc) is 3.30. The molecule has 7 nitrogen and oxygen atoms in total. The molecule has 148 valence electrons. The highest BCUT2D eigenvalue weighted by Gasteiger charge is 2.11. The van der Waals surface area contributed by atoms with Gasteiger partial charge >= 0.3 is 11.7 Å². The maximum atomic E-state index is 13.3. The number of halogens is 1. The van der Waals surface area contributed by atoms with E-state index in [-0.39, 0.29) is 24.5 Å². The van der Waals surface area contributed by atoms with Crippen molar-refractivity contribution < 1.29 is 13.9 Å². The third-order valence-electron chi connectivity index (χ3n) is 4.21. The summed E-state index contributed by atoms with van der Waals surface area (Å²) in [4.78, 5) is 28.6. The Labute approximate surface area is 169 Å². The third-order valence-corrected chi connectivity index (χ3v) is 5.15. The van der Waals surface area contributed by atoms with Gasteiger partial charge in [-0.15, -0.1) is 16.4 Å². The minimum atomic E-state index is -0.400. The predicted octanol–water partition coefficient (Wildman–Crippen LogP) is 2.93. The quantitative estimate of drug-likeness (QED) is 0.345. The Hall–Kier alpha value is -3.33. The summed E-state index contributed by atoms with van der Waals surface area (Å²) in [6.07, 6.45) is 2.17. The minimum absolute atomic E-state index is 0.0418. The number of fused-ring (bicyclic) bond motifs is 1. The number of benzene rings is 1. The fraction of sp³-hybridized carbons (Fsp3) is 0.200. The minimum Gasteiger partial charge on any atom is -0.465 e. The summed E-state index contributed by atoms with van der Waals surface area (Å²) in [7, 11) is 0. The predicted molar refractivity (Wildman–Crippen MR) is 106 cm³/mol. The van der Waals surface area contributed by atoms with E-state index in [0.717, 1.165) is 0 Å². The average molecular weight is 412 g/mol. The molecule has 0 N–H and O–H groups in total. The van der Waals surface area contributed by atoms with Gasteiger partial charge in [-0.1, -0.05) is 18.2 Å². The van der Waals surface area contributed by atoms with Crippen molar-refractivity contribution in [2.24, 2.45) is 0 Å². The maximum Gasteiger partial charge on any atom is 0.350 e. The summed E-state index contributed by atoms with van der Waals surface area (Å²) in [6, 6.07) is 11.5. The number of hydrogen-bond acceptors (Lipinski definition) is 6. The Bertz CT molecular complexity index is 1210. The molecule has 4 rings (SSSR count). The highest BCUT2D eigenvalue weighted by atomic mass is 32.1. The fourth-order valence-corrected chi connectivity index (χ4v) is 3.67. The van der Waals surface area contributed by atoms with Crippen LogP contribution in [0.15, 0.2) is 58.8 Å². The van der Waals surface area contributed by atoms with Gasteiger partial charge in [0.1, 0.15) is 10.8 Å². The first-order chi connectivity index (χ1) is 14.1. The third kappa shape index (κ3) is 4.40. The Balaban J connectivity index is 1.27. The Morgan fingerprint density at radius 2 is 2.10 bits per heavy atom. The number of nitrogens with zero attached hydrogens (tertiary/aromatic N) is 4. The number of carbonyl (C=O) groups excluding carboxylic acids is 1. The molecule has 0 fully saturated rings. The summed E-state index contributed by atoms with van der Waals surface area (Å²) in [5.74, 6) is -0.730. The van der Waals surface area contributed by atoms with Crippen LogP contribution in [0.3, 0.4) is 0 Å². The van der Waals surface area contributed by atoms with Crippen LogP contribution in [-0.4, -0.2) is 31.7 Å². The molecule has 4 aromatic rings. The Kier molecular flexibility index (Phi) is 5.48. The zero-order valence-corrected chi connectivity index (χ0v) is 16.1. The molecule has 0 bridgehead atoms. The molecule has 0 saturated heterocycles. The van der Waals surface area contributed by atoms with Crippen molar-refractivity contribution in [2.45, 2.75) is 19.4 Å². The summed E-state index contributed by atoms with van der Waals surface area (Å²) in [6.45, 7) is 0.536. The van der Waals surface area contributed by atoms with Gasteiger partial charge in [-0.05, 0) is 24.3 Å². The van der Waals surface area contributed by atoms with E-state index in [1.807, 2.05) is 6.07 Å². The molecule has 29 heavy (non-hydrogen) atoms. The van der Waals surface area contributed by atoms with Crippen molar-refractivity contribution in [1.29, 1.82) is 0 Å². The van der Waals surface area contributed by atoms with Crippen molar-refractivity contribution in [3.63, 3.8) is 0 Å². The van der Waals surface area contributed by atoms with Crippen LogP contribution in [0.25, 0.3) is 16.2 Å². The second-order valence-corrected chi connectivity index (χ2v) is 7.20. The Morgan fingerprint density at radius 1 is 1.21 bits per heavy atom. The number of aromatic nitrogens is 4. The summed E-state index contributed by atoms with van der Waals surface area (Å²) in [5, 5.41) is 6.64. The lowest BCUT2D eigenvalue weighted by Gasteiger charge is -2.03. The standard InChI is InChI=1S/C20H17FN4O3S/c21-15-6-3-5-14(11-15)19-22-16(13-29-19)12-18(26)28-10-4-9-25-20(27)24-8-2-1-7-17(24)23-25/h1-3,5-8,11,13H,4,9-10,12H2. The SMILES string of the molecule is O=C(Cc1csc(-c2cccc(F)c2)n1)OCCCn1nc2ccccn2c1=O. The van der Waals surface area contributed by atoms with E-state index in [9.17, 15) is 14.0 Å². The van der Waals surface area contributed by atoms with Crippen LogP contribution in [-0.2, 0) is 22.5 Å². The fourth-order valence-electron chi connectivity index (χ4n) is 2.86. The van der Waals surface area contributed by atoms with Crippen LogP contribution in [0.4, 0.5) is 4.39 Å². The molecule has 3 heterocycles. The number of aryl methyl sites for hydroxylation is 1. The molecule has 9 heteroatoms. The van der Waals surface area contributed by atoms with E-state index in [1.54, 1.807) is 35.8 Å². The number of ether oxygens (including phenoxy) is 1. The van der Waals surface area contributed by atoms with Crippen LogP contribution in [0.1, 0.15) is 12.1 Å². The molecule has 0 spiro atoms. The van der Waals surface area contributed by atoms with E-state index in [4.69, 9.17) is 4.74 Å². The first-order valence-electron chi connectivity index (χ1n) is 9.00. The van der Waals surface area contributed by atoms with Crippen molar-refractivity contribution in [3.05, 3.63) is 76.0 Å². The molecular weight excluding hydrogens is 395 g/mol. The normalized spacial score (nSPS) is 11.1. The van der Waals surface area contributed by atoms with Crippen LogP contribution in [0.2, 0.25) is 0 Å². The van der Waals surface area contributed by atoms with Gasteiger partial charge in [0.05, 0.1) is 18.7 Å².